The minimum absolute atomic E-state index is 0.0267. The molecule has 4 atom stereocenters. The molecular weight excluding hydrogens is 347 g/mol. The molecule has 1 heterocycles. The second-order valence-corrected chi connectivity index (χ2v) is 8.01. The Morgan fingerprint density at radius 1 is 1.40 bits per heavy atom. The van der Waals surface area contributed by atoms with Crippen LogP contribution in [-0.4, -0.2) is 36.5 Å². The van der Waals surface area contributed by atoms with E-state index in [-0.39, 0.29) is 29.9 Å². The summed E-state index contributed by atoms with van der Waals surface area (Å²) in [5.41, 5.74) is 0.268. The van der Waals surface area contributed by atoms with E-state index < -0.39 is 11.7 Å². The zero-order valence-corrected chi connectivity index (χ0v) is 15.4. The molecule has 7 heteroatoms. The summed E-state index contributed by atoms with van der Waals surface area (Å²) in [5.74, 6) is -0.0743. The average Bonchev–Trinajstić information content (AvgIpc) is 2.90. The summed E-state index contributed by atoms with van der Waals surface area (Å²) in [5, 5.41) is 6.72. The number of halogens is 2. The molecule has 1 saturated heterocycles. The van der Waals surface area contributed by atoms with Crippen molar-refractivity contribution in [3.05, 3.63) is 34.6 Å². The molecule has 1 saturated carbocycles. The molecule has 1 amide bonds. The normalized spacial score (nSPS) is 28.2. The lowest BCUT2D eigenvalue weighted by Gasteiger charge is -2.48. The van der Waals surface area contributed by atoms with Crippen molar-refractivity contribution in [2.45, 2.75) is 57.5 Å². The fourth-order valence-electron chi connectivity index (χ4n) is 3.48. The maximum absolute atomic E-state index is 13.2. The number of fused-ring (bicyclic) bond motifs is 1. The van der Waals surface area contributed by atoms with E-state index in [0.717, 1.165) is 12.0 Å². The van der Waals surface area contributed by atoms with Crippen LogP contribution < -0.4 is 10.6 Å². The molecule has 0 aromatic heterocycles. The van der Waals surface area contributed by atoms with Crippen LogP contribution in [0.2, 0.25) is 5.02 Å². The molecule has 4 unspecified atom stereocenters. The van der Waals surface area contributed by atoms with E-state index >= 15 is 0 Å². The Hall–Kier alpha value is -1.37. The van der Waals surface area contributed by atoms with E-state index in [1.165, 1.54) is 12.1 Å². The van der Waals surface area contributed by atoms with Crippen LogP contribution in [0, 0.1) is 11.7 Å². The van der Waals surface area contributed by atoms with Gasteiger partial charge in [0.2, 0.25) is 0 Å². The van der Waals surface area contributed by atoms with Gasteiger partial charge in [-0.2, -0.15) is 0 Å². The largest absolute Gasteiger partial charge is 0.444 e. The Bertz CT molecular complexity index is 650. The molecule has 1 aliphatic carbocycles. The standard InChI is InChI=1S/C18H24ClFN2O3/c1-18(2,3)25-17(23)22-14-12-6-7-24-16(12)15(14)21-9-10-4-5-11(20)8-13(10)19/h4-5,8,12,14-16,21H,6-7,9H2,1-3H3,(H,22,23). The third kappa shape index (κ3) is 4.25. The maximum atomic E-state index is 13.2. The molecule has 2 aliphatic rings. The summed E-state index contributed by atoms with van der Waals surface area (Å²) in [6.07, 6.45) is 0.564. The molecule has 0 bridgehead atoms. The van der Waals surface area contributed by atoms with Crippen LogP contribution in [0.1, 0.15) is 32.8 Å². The number of hydrogen-bond acceptors (Lipinski definition) is 4. The first-order valence-corrected chi connectivity index (χ1v) is 8.91. The molecule has 1 aliphatic heterocycles. The van der Waals surface area contributed by atoms with Crippen LogP contribution >= 0.6 is 11.6 Å². The van der Waals surface area contributed by atoms with E-state index in [9.17, 15) is 9.18 Å². The average molecular weight is 371 g/mol. The second kappa shape index (κ2) is 7.09. The van der Waals surface area contributed by atoms with E-state index in [1.54, 1.807) is 6.07 Å². The van der Waals surface area contributed by atoms with Gasteiger partial charge in [0.05, 0.1) is 18.2 Å². The highest BCUT2D eigenvalue weighted by Crippen LogP contribution is 2.39. The number of alkyl carbamates (subject to hydrolysis) is 1. The van der Waals surface area contributed by atoms with Crippen molar-refractivity contribution in [3.63, 3.8) is 0 Å². The van der Waals surface area contributed by atoms with Crippen LogP contribution in [0.3, 0.4) is 0 Å². The summed E-state index contributed by atoms with van der Waals surface area (Å²) in [6.45, 7) is 6.67. The Morgan fingerprint density at radius 3 is 2.84 bits per heavy atom. The molecule has 2 fully saturated rings. The lowest BCUT2D eigenvalue weighted by atomic mass is 9.71. The van der Waals surface area contributed by atoms with E-state index in [2.05, 4.69) is 10.6 Å². The highest BCUT2D eigenvalue weighted by Gasteiger charge is 2.54. The Labute approximate surface area is 152 Å². The molecule has 5 nitrogen and oxygen atoms in total. The quantitative estimate of drug-likeness (QED) is 0.854. The number of carbonyl (C=O) groups excluding carboxylic acids is 1. The molecular formula is C18H24ClFN2O3. The van der Waals surface area contributed by atoms with Crippen molar-refractivity contribution in [3.8, 4) is 0 Å². The van der Waals surface area contributed by atoms with E-state index in [0.29, 0.717) is 18.2 Å². The molecule has 3 rings (SSSR count). The summed E-state index contributed by atoms with van der Waals surface area (Å²) in [4.78, 5) is 12.1. The Morgan fingerprint density at radius 2 is 2.16 bits per heavy atom. The van der Waals surface area contributed by atoms with Gasteiger partial charge in [-0.25, -0.2) is 9.18 Å². The Kier molecular flexibility index (Phi) is 5.23. The van der Waals surface area contributed by atoms with Gasteiger partial charge >= 0.3 is 6.09 Å². The van der Waals surface area contributed by atoms with E-state index in [4.69, 9.17) is 21.1 Å². The van der Waals surface area contributed by atoms with Crippen LogP contribution in [0.4, 0.5) is 9.18 Å². The predicted octanol–water partition coefficient (Wildman–Crippen LogP) is 3.25. The number of nitrogens with one attached hydrogen (secondary N) is 2. The van der Waals surface area contributed by atoms with Gasteiger partial charge in [0.25, 0.3) is 0 Å². The topological polar surface area (TPSA) is 59.6 Å². The fraction of sp³-hybridized carbons (Fsp3) is 0.611. The van der Waals surface area contributed by atoms with Gasteiger partial charge in [-0.3, -0.25) is 0 Å². The third-order valence-electron chi connectivity index (χ3n) is 4.61. The third-order valence-corrected chi connectivity index (χ3v) is 4.96. The molecule has 2 N–H and O–H groups in total. The second-order valence-electron chi connectivity index (χ2n) is 7.60. The van der Waals surface area contributed by atoms with Crippen molar-refractivity contribution >= 4 is 17.7 Å². The smallest absolute Gasteiger partial charge is 0.407 e. The summed E-state index contributed by atoms with van der Waals surface area (Å²) < 4.78 is 24.3. The highest BCUT2D eigenvalue weighted by atomic mass is 35.5. The van der Waals surface area contributed by atoms with Gasteiger partial charge in [0.15, 0.2) is 0 Å². The van der Waals surface area contributed by atoms with Crippen LogP contribution in [0.5, 0.6) is 0 Å². The van der Waals surface area contributed by atoms with Gasteiger partial charge in [-0.15, -0.1) is 0 Å². The van der Waals surface area contributed by atoms with Gasteiger partial charge in [0.1, 0.15) is 11.4 Å². The number of ether oxygens (including phenoxy) is 2. The van der Waals surface area contributed by atoms with Crippen LogP contribution in [0.25, 0.3) is 0 Å². The van der Waals surface area contributed by atoms with Crippen molar-refractivity contribution in [2.75, 3.05) is 6.61 Å². The minimum atomic E-state index is -0.538. The summed E-state index contributed by atoms with van der Waals surface area (Å²) in [7, 11) is 0. The maximum Gasteiger partial charge on any atom is 0.407 e. The molecule has 0 spiro atoms. The number of carbonyl (C=O) groups is 1. The van der Waals surface area contributed by atoms with Crippen LogP contribution in [-0.2, 0) is 16.0 Å². The lowest BCUT2D eigenvalue weighted by molar-refractivity contribution is -0.0344. The zero-order chi connectivity index (χ0) is 18.2. The summed E-state index contributed by atoms with van der Waals surface area (Å²) in [6, 6.07) is 4.26. The minimum Gasteiger partial charge on any atom is -0.444 e. The monoisotopic (exact) mass is 370 g/mol. The zero-order valence-electron chi connectivity index (χ0n) is 14.6. The number of hydrogen-bond donors (Lipinski definition) is 2. The molecule has 0 radical (unpaired) electrons. The van der Waals surface area contributed by atoms with E-state index in [1.807, 2.05) is 20.8 Å². The molecule has 25 heavy (non-hydrogen) atoms. The van der Waals surface area contributed by atoms with Gasteiger partial charge in [0, 0.05) is 24.1 Å². The first-order chi connectivity index (χ1) is 11.7. The number of benzene rings is 1. The number of amides is 1. The SMILES string of the molecule is CC(C)(C)OC(=O)NC1C2CCOC2C1NCc1ccc(F)cc1Cl. The Balaban J connectivity index is 1.61. The molecule has 1 aromatic rings. The van der Waals surface area contributed by atoms with Gasteiger partial charge in [-0.1, -0.05) is 17.7 Å². The lowest BCUT2D eigenvalue weighted by Crippen LogP contribution is -2.70. The van der Waals surface area contributed by atoms with Gasteiger partial charge < -0.3 is 20.1 Å². The summed E-state index contributed by atoms with van der Waals surface area (Å²) >= 11 is 6.08. The van der Waals surface area contributed by atoms with Crippen molar-refractivity contribution in [1.82, 2.24) is 10.6 Å². The first-order valence-electron chi connectivity index (χ1n) is 8.53. The van der Waals surface area contributed by atoms with Crippen molar-refractivity contribution in [1.29, 1.82) is 0 Å². The van der Waals surface area contributed by atoms with Crippen LogP contribution in [0.15, 0.2) is 18.2 Å². The van der Waals surface area contributed by atoms with Crippen molar-refractivity contribution in [2.24, 2.45) is 5.92 Å². The molecule has 1 aromatic carbocycles. The predicted molar refractivity (Wildman–Crippen MR) is 93.0 cm³/mol. The highest BCUT2D eigenvalue weighted by molar-refractivity contribution is 6.31. The van der Waals surface area contributed by atoms with Gasteiger partial charge in [-0.05, 0) is 44.9 Å². The first kappa shape index (κ1) is 18.4. The fourth-order valence-corrected chi connectivity index (χ4v) is 3.72. The molecule has 138 valence electrons. The van der Waals surface area contributed by atoms with Crippen molar-refractivity contribution < 1.29 is 18.7 Å². The number of rotatable bonds is 4.